The van der Waals surface area contributed by atoms with Gasteiger partial charge in [-0.05, 0) is 63.4 Å². The summed E-state index contributed by atoms with van der Waals surface area (Å²) in [6, 6.07) is 2.57. The van der Waals surface area contributed by atoms with Crippen molar-refractivity contribution >= 4 is 43.2 Å². The third kappa shape index (κ3) is 4.15. The van der Waals surface area contributed by atoms with Crippen molar-refractivity contribution in [3.63, 3.8) is 0 Å². The van der Waals surface area contributed by atoms with E-state index in [-0.39, 0.29) is 0 Å². The summed E-state index contributed by atoms with van der Waals surface area (Å²) in [6.45, 7) is 0.821. The van der Waals surface area contributed by atoms with Gasteiger partial charge in [0.05, 0.1) is 7.57 Å². The largest absolute Gasteiger partial charge is 0.385 e. The predicted molar refractivity (Wildman–Crippen MR) is 72.6 cm³/mol. The first-order valence-electron chi connectivity index (χ1n) is 4.80. The van der Waals surface area contributed by atoms with Gasteiger partial charge < -0.3 is 10.1 Å². The number of rotatable bonds is 6. The highest BCUT2D eigenvalue weighted by Gasteiger charge is 2.14. The Morgan fingerprint density at radius 2 is 2.27 bits per heavy atom. The fourth-order valence-electron chi connectivity index (χ4n) is 1.48. The Morgan fingerprint density at radius 3 is 2.73 bits per heavy atom. The number of hydrogen-bond donors (Lipinski definition) is 1. The van der Waals surface area contributed by atoms with E-state index in [0.29, 0.717) is 6.04 Å². The molecule has 2 nitrogen and oxygen atoms in total. The zero-order valence-corrected chi connectivity index (χ0v) is 12.8. The normalized spacial score (nSPS) is 13.1. The van der Waals surface area contributed by atoms with E-state index < -0.39 is 0 Å². The zero-order valence-electron chi connectivity index (χ0n) is 8.85. The van der Waals surface area contributed by atoms with Crippen LogP contribution in [0.15, 0.2) is 13.6 Å². The minimum absolute atomic E-state index is 0.400. The topological polar surface area (TPSA) is 21.3 Å². The van der Waals surface area contributed by atoms with Gasteiger partial charge in [-0.3, -0.25) is 0 Å². The van der Waals surface area contributed by atoms with Gasteiger partial charge in [-0.25, -0.2) is 0 Å². The highest BCUT2D eigenvalue weighted by Crippen LogP contribution is 2.36. The molecule has 1 heterocycles. The van der Waals surface area contributed by atoms with E-state index in [2.05, 4.69) is 43.2 Å². The summed E-state index contributed by atoms with van der Waals surface area (Å²) in [7, 11) is 3.74. The third-order valence-corrected chi connectivity index (χ3v) is 4.63. The lowest BCUT2D eigenvalue weighted by molar-refractivity contribution is 0.189. The number of halogens is 2. The van der Waals surface area contributed by atoms with Gasteiger partial charge in [0.1, 0.15) is 0 Å². The maximum absolute atomic E-state index is 5.06. The third-order valence-electron chi connectivity index (χ3n) is 2.25. The molecule has 1 N–H and O–H groups in total. The average molecular weight is 357 g/mol. The Labute approximate surface area is 112 Å². The van der Waals surface area contributed by atoms with Crippen LogP contribution in [0.1, 0.15) is 24.4 Å². The average Bonchev–Trinajstić information content (AvgIpc) is 2.53. The highest BCUT2D eigenvalue weighted by molar-refractivity contribution is 9.12. The molecule has 0 saturated carbocycles. The smallest absolute Gasteiger partial charge is 0.0758 e. The summed E-state index contributed by atoms with van der Waals surface area (Å²) in [5.41, 5.74) is 1.32. The monoisotopic (exact) mass is 355 g/mol. The Hall–Kier alpha value is 0.580. The number of ether oxygens (including phenoxy) is 1. The lowest BCUT2D eigenvalue weighted by Crippen LogP contribution is -2.16. The minimum atomic E-state index is 0.400. The van der Waals surface area contributed by atoms with Crippen molar-refractivity contribution in [3.8, 4) is 0 Å². The van der Waals surface area contributed by atoms with Crippen LogP contribution in [0.3, 0.4) is 0 Å². The van der Waals surface area contributed by atoms with Gasteiger partial charge in [-0.15, -0.1) is 11.3 Å². The van der Waals surface area contributed by atoms with Crippen molar-refractivity contribution < 1.29 is 4.74 Å². The molecule has 0 bridgehead atoms. The highest BCUT2D eigenvalue weighted by atomic mass is 79.9. The van der Waals surface area contributed by atoms with Gasteiger partial charge in [-0.1, -0.05) is 0 Å². The molecule has 0 saturated heterocycles. The molecule has 1 rings (SSSR count). The summed E-state index contributed by atoms with van der Waals surface area (Å²) in [5.74, 6) is 0. The van der Waals surface area contributed by atoms with E-state index in [9.17, 15) is 0 Å². The van der Waals surface area contributed by atoms with Crippen LogP contribution in [0.2, 0.25) is 0 Å². The second-order valence-corrected chi connectivity index (χ2v) is 7.01. The second kappa shape index (κ2) is 7.01. The molecule has 5 heteroatoms. The molecular weight excluding hydrogens is 342 g/mol. The van der Waals surface area contributed by atoms with Crippen LogP contribution in [0.25, 0.3) is 0 Å². The summed E-state index contributed by atoms with van der Waals surface area (Å²) in [4.78, 5) is 0. The number of hydrogen-bond acceptors (Lipinski definition) is 3. The van der Waals surface area contributed by atoms with Gasteiger partial charge in [0.2, 0.25) is 0 Å². The zero-order chi connectivity index (χ0) is 11.3. The minimum Gasteiger partial charge on any atom is -0.385 e. The molecule has 0 aliphatic heterocycles. The van der Waals surface area contributed by atoms with Crippen LogP contribution in [-0.2, 0) is 4.74 Å². The number of nitrogens with one attached hydrogen (secondary N) is 1. The van der Waals surface area contributed by atoms with Gasteiger partial charge in [0.25, 0.3) is 0 Å². The molecule has 1 atom stereocenters. The molecule has 0 spiro atoms. The van der Waals surface area contributed by atoms with Crippen molar-refractivity contribution in [2.24, 2.45) is 0 Å². The van der Waals surface area contributed by atoms with Crippen LogP contribution in [0.4, 0.5) is 0 Å². The molecule has 0 amide bonds. The van der Waals surface area contributed by atoms with Crippen molar-refractivity contribution in [3.05, 3.63) is 19.2 Å². The van der Waals surface area contributed by atoms with E-state index >= 15 is 0 Å². The van der Waals surface area contributed by atoms with Gasteiger partial charge in [0.15, 0.2) is 0 Å². The van der Waals surface area contributed by atoms with Crippen LogP contribution in [0.5, 0.6) is 0 Å². The molecule has 15 heavy (non-hydrogen) atoms. The summed E-state index contributed by atoms with van der Waals surface area (Å²) < 4.78 is 7.43. The van der Waals surface area contributed by atoms with E-state index in [1.807, 2.05) is 7.05 Å². The number of thiophene rings is 1. The first-order valence-corrected chi connectivity index (χ1v) is 7.20. The fourth-order valence-corrected chi connectivity index (χ4v) is 4.45. The summed E-state index contributed by atoms with van der Waals surface area (Å²) in [6.07, 6.45) is 2.16. The Bertz CT molecular complexity index is 304. The predicted octanol–water partition coefficient (Wildman–Crippen LogP) is 3.96. The Kier molecular flexibility index (Phi) is 6.38. The van der Waals surface area contributed by atoms with Gasteiger partial charge >= 0.3 is 0 Å². The molecule has 0 radical (unpaired) electrons. The van der Waals surface area contributed by atoms with Crippen LogP contribution < -0.4 is 5.32 Å². The van der Waals surface area contributed by atoms with Crippen LogP contribution in [0, 0.1) is 0 Å². The molecule has 86 valence electrons. The van der Waals surface area contributed by atoms with Gasteiger partial charge in [0, 0.05) is 19.8 Å². The Balaban J connectivity index is 2.61. The second-order valence-electron chi connectivity index (χ2n) is 3.26. The molecule has 0 aliphatic carbocycles. The molecule has 0 aromatic carbocycles. The number of methoxy groups -OCH3 is 1. The van der Waals surface area contributed by atoms with Crippen molar-refractivity contribution in [2.75, 3.05) is 20.8 Å². The lowest BCUT2D eigenvalue weighted by atomic mass is 10.1. The molecule has 1 aromatic rings. The van der Waals surface area contributed by atoms with Gasteiger partial charge in [-0.2, -0.15) is 0 Å². The molecule has 1 aromatic heterocycles. The lowest BCUT2D eigenvalue weighted by Gasteiger charge is -2.15. The maximum atomic E-state index is 5.06. The van der Waals surface area contributed by atoms with Crippen LogP contribution in [-0.4, -0.2) is 20.8 Å². The van der Waals surface area contributed by atoms with E-state index in [1.165, 1.54) is 9.35 Å². The molecule has 0 fully saturated rings. The van der Waals surface area contributed by atoms with Crippen molar-refractivity contribution in [2.45, 2.75) is 18.9 Å². The summed E-state index contributed by atoms with van der Waals surface area (Å²) in [5, 5.41) is 3.33. The maximum Gasteiger partial charge on any atom is 0.0758 e. The van der Waals surface area contributed by atoms with E-state index in [1.54, 1.807) is 18.4 Å². The van der Waals surface area contributed by atoms with E-state index in [4.69, 9.17) is 4.74 Å². The molecular formula is C10H15Br2NOS. The molecule has 0 aliphatic rings. The SMILES string of the molecule is CNC(CCCOC)c1cc(Br)sc1Br. The van der Waals surface area contributed by atoms with Crippen LogP contribution >= 0.6 is 43.2 Å². The van der Waals surface area contributed by atoms with E-state index in [0.717, 1.165) is 23.2 Å². The Morgan fingerprint density at radius 1 is 1.53 bits per heavy atom. The fraction of sp³-hybridized carbons (Fsp3) is 0.600. The van der Waals surface area contributed by atoms with Crippen molar-refractivity contribution in [1.82, 2.24) is 5.32 Å². The quantitative estimate of drug-likeness (QED) is 0.779. The standard InChI is InChI=1S/C10H15Br2NOS/c1-13-8(4-3-5-14-2)7-6-9(11)15-10(7)12/h6,8,13H,3-5H2,1-2H3. The van der Waals surface area contributed by atoms with Crippen molar-refractivity contribution in [1.29, 1.82) is 0 Å². The first kappa shape index (κ1) is 13.6. The molecule has 1 unspecified atom stereocenters. The summed E-state index contributed by atoms with van der Waals surface area (Å²) >= 11 is 8.80. The first-order chi connectivity index (χ1) is 7.19.